The minimum absolute atomic E-state index is 0.238. The Morgan fingerprint density at radius 3 is 3.06 bits per heavy atom. The Hall–Kier alpha value is -1.10. The van der Waals surface area contributed by atoms with E-state index in [1.54, 1.807) is 6.92 Å². The molecular weight excluding hydrogens is 218 g/mol. The van der Waals surface area contributed by atoms with Crippen molar-refractivity contribution in [3.8, 4) is 5.75 Å². The molecule has 94 valence electrons. The predicted molar refractivity (Wildman–Crippen MR) is 65.1 cm³/mol. The van der Waals surface area contributed by atoms with Crippen LogP contribution in [0, 0.1) is 0 Å². The summed E-state index contributed by atoms with van der Waals surface area (Å²) in [5.74, 6) is 0.983. The number of benzene rings is 1. The highest BCUT2D eigenvalue weighted by atomic mass is 16.5. The number of hydrogen-bond acceptors (Lipinski definition) is 4. The van der Waals surface area contributed by atoms with Crippen LogP contribution in [-0.4, -0.2) is 35.6 Å². The molecule has 0 bridgehead atoms. The van der Waals surface area contributed by atoms with Crippen LogP contribution in [0.2, 0.25) is 0 Å². The van der Waals surface area contributed by atoms with Crippen molar-refractivity contribution in [2.24, 2.45) is 0 Å². The van der Waals surface area contributed by atoms with E-state index in [2.05, 4.69) is 11.4 Å². The van der Waals surface area contributed by atoms with Gasteiger partial charge in [0.1, 0.15) is 5.75 Å². The summed E-state index contributed by atoms with van der Waals surface area (Å²) in [6.45, 7) is 3.19. The summed E-state index contributed by atoms with van der Waals surface area (Å²) in [5.41, 5.74) is 1.36. The molecule has 0 fully saturated rings. The summed E-state index contributed by atoms with van der Waals surface area (Å²) in [6, 6.07) is 6.14. The fourth-order valence-electron chi connectivity index (χ4n) is 1.88. The normalized spacial score (nSPS) is 17.4. The van der Waals surface area contributed by atoms with Gasteiger partial charge in [0.15, 0.2) is 0 Å². The Morgan fingerprint density at radius 2 is 2.29 bits per heavy atom. The molecule has 2 rings (SSSR count). The van der Waals surface area contributed by atoms with Crippen molar-refractivity contribution in [3.05, 3.63) is 29.3 Å². The number of aliphatic hydroxyl groups excluding tert-OH is 1. The number of ether oxygens (including phenoxy) is 1. The summed E-state index contributed by atoms with van der Waals surface area (Å²) in [5, 5.41) is 21.7. The summed E-state index contributed by atoms with van der Waals surface area (Å²) >= 11 is 0. The minimum Gasteiger partial charge on any atom is -0.493 e. The Kier molecular flexibility index (Phi) is 3.66. The molecule has 1 aromatic carbocycles. The Labute approximate surface area is 101 Å². The molecule has 1 aliphatic rings. The second-order valence-corrected chi connectivity index (χ2v) is 4.80. The maximum absolute atomic E-state index is 9.62. The third-order valence-corrected chi connectivity index (χ3v) is 2.93. The van der Waals surface area contributed by atoms with Gasteiger partial charge in [0.25, 0.3) is 0 Å². The van der Waals surface area contributed by atoms with E-state index in [-0.39, 0.29) is 6.61 Å². The van der Waals surface area contributed by atoms with Crippen LogP contribution in [0.25, 0.3) is 0 Å². The lowest BCUT2D eigenvalue weighted by Crippen LogP contribution is -2.40. The first-order valence-electron chi connectivity index (χ1n) is 5.89. The van der Waals surface area contributed by atoms with Crippen molar-refractivity contribution in [1.29, 1.82) is 0 Å². The fourth-order valence-corrected chi connectivity index (χ4v) is 1.88. The molecule has 4 nitrogen and oxygen atoms in total. The molecule has 0 saturated carbocycles. The van der Waals surface area contributed by atoms with Crippen molar-refractivity contribution in [2.45, 2.75) is 25.5 Å². The molecule has 0 saturated heterocycles. The van der Waals surface area contributed by atoms with Crippen LogP contribution < -0.4 is 10.1 Å². The van der Waals surface area contributed by atoms with Crippen molar-refractivity contribution < 1.29 is 14.9 Å². The minimum atomic E-state index is -1.06. The zero-order chi connectivity index (χ0) is 12.3. The highest BCUT2D eigenvalue weighted by Crippen LogP contribution is 2.25. The van der Waals surface area contributed by atoms with Gasteiger partial charge in [-0.2, -0.15) is 0 Å². The molecule has 0 spiro atoms. The van der Waals surface area contributed by atoms with Gasteiger partial charge < -0.3 is 20.3 Å². The first kappa shape index (κ1) is 12.4. The van der Waals surface area contributed by atoms with Crippen molar-refractivity contribution in [3.63, 3.8) is 0 Å². The Bertz CT molecular complexity index is 390. The molecule has 1 heterocycles. The van der Waals surface area contributed by atoms with E-state index in [0.717, 1.165) is 18.8 Å². The van der Waals surface area contributed by atoms with Crippen molar-refractivity contribution in [1.82, 2.24) is 5.32 Å². The van der Waals surface area contributed by atoms with Crippen molar-refractivity contribution in [2.75, 3.05) is 19.8 Å². The van der Waals surface area contributed by atoms with Crippen LogP contribution in [0.3, 0.4) is 0 Å². The molecule has 0 aromatic heterocycles. The monoisotopic (exact) mass is 237 g/mol. The largest absolute Gasteiger partial charge is 0.493 e. The third-order valence-electron chi connectivity index (χ3n) is 2.93. The highest BCUT2D eigenvalue weighted by molar-refractivity contribution is 5.39. The molecule has 0 radical (unpaired) electrons. The highest BCUT2D eigenvalue weighted by Gasteiger charge is 2.18. The van der Waals surface area contributed by atoms with Gasteiger partial charge in [-0.3, -0.25) is 0 Å². The Morgan fingerprint density at radius 1 is 1.47 bits per heavy atom. The van der Waals surface area contributed by atoms with Gasteiger partial charge in [0, 0.05) is 19.5 Å². The first-order chi connectivity index (χ1) is 8.11. The molecule has 17 heavy (non-hydrogen) atoms. The molecule has 0 amide bonds. The van der Waals surface area contributed by atoms with E-state index in [9.17, 15) is 5.11 Å². The van der Waals surface area contributed by atoms with Gasteiger partial charge in [-0.05, 0) is 24.1 Å². The first-order valence-corrected chi connectivity index (χ1v) is 5.89. The SMILES string of the molecule is CC(O)(CO)CNCc1ccc2c(c1)CCO2. The van der Waals surface area contributed by atoms with E-state index in [1.165, 1.54) is 11.1 Å². The van der Waals surface area contributed by atoms with E-state index >= 15 is 0 Å². The zero-order valence-electron chi connectivity index (χ0n) is 10.1. The van der Waals surface area contributed by atoms with Gasteiger partial charge in [0.05, 0.1) is 18.8 Å². The van der Waals surface area contributed by atoms with E-state index < -0.39 is 5.60 Å². The predicted octanol–water partition coefficient (Wildman–Crippen LogP) is 0.454. The molecule has 1 unspecified atom stereocenters. The maximum Gasteiger partial charge on any atom is 0.122 e. The lowest BCUT2D eigenvalue weighted by molar-refractivity contribution is 0.00254. The molecule has 1 aromatic rings. The topological polar surface area (TPSA) is 61.7 Å². The molecule has 3 N–H and O–H groups in total. The van der Waals surface area contributed by atoms with Crippen molar-refractivity contribution >= 4 is 0 Å². The summed E-state index contributed by atoms with van der Waals surface area (Å²) in [6.07, 6.45) is 0.970. The van der Waals surface area contributed by atoms with E-state index in [4.69, 9.17) is 9.84 Å². The van der Waals surface area contributed by atoms with Crippen LogP contribution >= 0.6 is 0 Å². The van der Waals surface area contributed by atoms with Crippen LogP contribution in [-0.2, 0) is 13.0 Å². The second-order valence-electron chi connectivity index (χ2n) is 4.80. The molecule has 1 aliphatic heterocycles. The zero-order valence-corrected chi connectivity index (χ0v) is 10.1. The van der Waals surface area contributed by atoms with E-state index in [0.29, 0.717) is 13.1 Å². The number of nitrogens with one attached hydrogen (secondary N) is 1. The van der Waals surface area contributed by atoms with Crippen LogP contribution in [0.4, 0.5) is 0 Å². The average molecular weight is 237 g/mol. The molecule has 0 aliphatic carbocycles. The Balaban J connectivity index is 1.88. The summed E-state index contributed by atoms with van der Waals surface area (Å²) < 4.78 is 5.44. The number of hydrogen-bond donors (Lipinski definition) is 3. The van der Waals surface area contributed by atoms with Gasteiger partial charge in [-0.25, -0.2) is 0 Å². The quantitative estimate of drug-likeness (QED) is 0.696. The second kappa shape index (κ2) is 5.04. The summed E-state index contributed by atoms with van der Waals surface area (Å²) in [4.78, 5) is 0. The third kappa shape index (κ3) is 3.19. The lowest BCUT2D eigenvalue weighted by Gasteiger charge is -2.20. The molecule has 1 atom stereocenters. The van der Waals surface area contributed by atoms with Crippen LogP contribution in [0.5, 0.6) is 5.75 Å². The van der Waals surface area contributed by atoms with Crippen LogP contribution in [0.1, 0.15) is 18.1 Å². The van der Waals surface area contributed by atoms with Gasteiger partial charge in [-0.15, -0.1) is 0 Å². The standard InChI is InChI=1S/C13H19NO3/c1-13(16,9-15)8-14-7-10-2-3-12-11(6-10)4-5-17-12/h2-3,6,14-16H,4-5,7-9H2,1H3. The van der Waals surface area contributed by atoms with Gasteiger partial charge in [-0.1, -0.05) is 12.1 Å². The summed E-state index contributed by atoms with van der Waals surface area (Å²) in [7, 11) is 0. The average Bonchev–Trinajstić information content (AvgIpc) is 2.76. The maximum atomic E-state index is 9.62. The van der Waals surface area contributed by atoms with Gasteiger partial charge in [0.2, 0.25) is 0 Å². The number of rotatable bonds is 5. The number of aliphatic hydroxyl groups is 2. The van der Waals surface area contributed by atoms with Gasteiger partial charge >= 0.3 is 0 Å². The fraction of sp³-hybridized carbons (Fsp3) is 0.538. The van der Waals surface area contributed by atoms with E-state index in [1.807, 2.05) is 12.1 Å². The smallest absolute Gasteiger partial charge is 0.122 e. The lowest BCUT2D eigenvalue weighted by atomic mass is 10.1. The van der Waals surface area contributed by atoms with Crippen LogP contribution in [0.15, 0.2) is 18.2 Å². The molecule has 4 heteroatoms. The molecular formula is C13H19NO3. The number of fused-ring (bicyclic) bond motifs is 1.